The molecule has 0 atom stereocenters. The number of aryl methyl sites for hydroxylation is 1. The molecule has 0 saturated carbocycles. The summed E-state index contributed by atoms with van der Waals surface area (Å²) in [6, 6.07) is 18.2. The lowest BCUT2D eigenvalue weighted by atomic mass is 10.1. The predicted molar refractivity (Wildman–Crippen MR) is 81.0 cm³/mol. The van der Waals surface area contributed by atoms with Gasteiger partial charge in [-0.2, -0.15) is 5.26 Å². The van der Waals surface area contributed by atoms with Crippen LogP contribution in [0, 0.1) is 18.3 Å². The van der Waals surface area contributed by atoms with E-state index in [0.29, 0.717) is 5.56 Å². The van der Waals surface area contributed by atoms with E-state index >= 15 is 0 Å². The minimum absolute atomic E-state index is 0.00730. The van der Waals surface area contributed by atoms with Gasteiger partial charge >= 0.3 is 6.16 Å². The van der Waals surface area contributed by atoms with Gasteiger partial charge in [-0.1, -0.05) is 65.3 Å². The lowest BCUT2D eigenvalue weighted by molar-refractivity contribution is 0.0521. The highest BCUT2D eigenvalue weighted by Gasteiger charge is 2.07. The molecule has 0 saturated heterocycles. The van der Waals surface area contributed by atoms with Gasteiger partial charge in [0.05, 0.1) is 0 Å². The number of carbonyl (C=O) groups is 1. The van der Waals surface area contributed by atoms with Crippen molar-refractivity contribution in [2.45, 2.75) is 13.5 Å². The van der Waals surface area contributed by atoms with Crippen LogP contribution in [0.4, 0.5) is 4.79 Å². The van der Waals surface area contributed by atoms with Crippen LogP contribution in [0.25, 0.3) is 0 Å². The first-order chi connectivity index (χ1) is 10.7. The van der Waals surface area contributed by atoms with E-state index in [1.54, 1.807) is 24.3 Å². The zero-order valence-electron chi connectivity index (χ0n) is 12.0. The molecule has 2 aromatic rings. The summed E-state index contributed by atoms with van der Waals surface area (Å²) in [4.78, 5) is 16.1. The van der Waals surface area contributed by atoms with Crippen molar-refractivity contribution in [2.75, 3.05) is 0 Å². The number of oxime groups is 1. The van der Waals surface area contributed by atoms with E-state index < -0.39 is 6.16 Å². The van der Waals surface area contributed by atoms with Crippen molar-refractivity contribution in [2.24, 2.45) is 5.16 Å². The maximum Gasteiger partial charge on any atom is 0.535 e. The fourth-order valence-electron chi connectivity index (χ4n) is 1.67. The molecule has 2 aromatic carbocycles. The summed E-state index contributed by atoms with van der Waals surface area (Å²) in [6.45, 7) is 2.06. The first kappa shape index (κ1) is 15.3. The highest BCUT2D eigenvalue weighted by Crippen LogP contribution is 2.06. The first-order valence-corrected chi connectivity index (χ1v) is 6.62. The number of hydrogen-bond acceptors (Lipinski definition) is 5. The maximum atomic E-state index is 11.5. The molecular weight excluding hydrogens is 280 g/mol. The standard InChI is InChI=1S/C17H14N2O3/c1-13-7-9-14(10-8-13)12-21-17(20)22-19-16(11-18)15-5-3-2-4-6-15/h2-10H,12H2,1H3/b19-16+. The van der Waals surface area contributed by atoms with Crippen molar-refractivity contribution in [1.29, 1.82) is 5.26 Å². The van der Waals surface area contributed by atoms with E-state index in [1.165, 1.54) is 0 Å². The summed E-state index contributed by atoms with van der Waals surface area (Å²) in [5, 5.41) is 12.5. The zero-order chi connectivity index (χ0) is 15.8. The van der Waals surface area contributed by atoms with Crippen LogP contribution in [-0.2, 0) is 16.2 Å². The number of carbonyl (C=O) groups excluding carboxylic acids is 1. The van der Waals surface area contributed by atoms with E-state index in [1.807, 2.05) is 43.3 Å². The predicted octanol–water partition coefficient (Wildman–Crippen LogP) is 3.58. The summed E-state index contributed by atoms with van der Waals surface area (Å²) >= 11 is 0. The Kier molecular flexibility index (Phi) is 5.27. The Labute approximate surface area is 128 Å². The van der Waals surface area contributed by atoms with Crippen LogP contribution in [0.3, 0.4) is 0 Å². The highest BCUT2D eigenvalue weighted by molar-refractivity contribution is 6.11. The Morgan fingerprint density at radius 1 is 1.14 bits per heavy atom. The van der Waals surface area contributed by atoms with E-state index in [4.69, 9.17) is 10.00 Å². The van der Waals surface area contributed by atoms with Crippen molar-refractivity contribution < 1.29 is 14.4 Å². The van der Waals surface area contributed by atoms with Crippen molar-refractivity contribution in [3.8, 4) is 6.07 Å². The number of benzene rings is 2. The quantitative estimate of drug-likeness (QED) is 0.374. The Morgan fingerprint density at radius 3 is 2.45 bits per heavy atom. The van der Waals surface area contributed by atoms with Crippen LogP contribution in [0.1, 0.15) is 16.7 Å². The van der Waals surface area contributed by atoms with Gasteiger partial charge in [-0.05, 0) is 12.5 Å². The van der Waals surface area contributed by atoms with E-state index in [-0.39, 0.29) is 12.3 Å². The van der Waals surface area contributed by atoms with E-state index in [9.17, 15) is 4.79 Å². The molecule has 0 aliphatic carbocycles. The van der Waals surface area contributed by atoms with E-state index in [0.717, 1.165) is 11.1 Å². The number of nitrogens with zero attached hydrogens (tertiary/aromatic N) is 2. The second-order valence-electron chi connectivity index (χ2n) is 4.53. The van der Waals surface area contributed by atoms with Gasteiger partial charge < -0.3 is 4.74 Å². The molecule has 0 bridgehead atoms. The Morgan fingerprint density at radius 2 is 1.82 bits per heavy atom. The van der Waals surface area contributed by atoms with Gasteiger partial charge in [0.25, 0.3) is 0 Å². The molecule has 0 aromatic heterocycles. The summed E-state index contributed by atoms with van der Waals surface area (Å²) in [6.07, 6.45) is -0.954. The monoisotopic (exact) mass is 294 g/mol. The molecule has 0 N–H and O–H groups in total. The third-order valence-corrected chi connectivity index (χ3v) is 2.84. The number of hydrogen-bond donors (Lipinski definition) is 0. The summed E-state index contributed by atoms with van der Waals surface area (Å²) in [7, 11) is 0. The molecule has 0 aliphatic rings. The Bertz CT molecular complexity index is 701. The largest absolute Gasteiger partial charge is 0.535 e. The molecule has 22 heavy (non-hydrogen) atoms. The second kappa shape index (κ2) is 7.60. The van der Waals surface area contributed by atoms with Crippen LogP contribution in [-0.4, -0.2) is 11.9 Å². The molecule has 0 spiro atoms. The number of ether oxygens (including phenoxy) is 1. The third kappa shape index (κ3) is 4.46. The number of nitriles is 1. The molecular formula is C17H14N2O3. The average molecular weight is 294 g/mol. The SMILES string of the molecule is Cc1ccc(COC(=O)O/N=C(\C#N)c2ccccc2)cc1. The molecule has 110 valence electrons. The molecule has 5 nitrogen and oxygen atoms in total. The fourth-order valence-corrected chi connectivity index (χ4v) is 1.67. The van der Waals surface area contributed by atoms with Crippen LogP contribution < -0.4 is 0 Å². The van der Waals surface area contributed by atoms with Crippen molar-refractivity contribution >= 4 is 11.9 Å². The summed E-state index contributed by atoms with van der Waals surface area (Å²) in [5.74, 6) is 0. The molecule has 0 aliphatic heterocycles. The minimum Gasteiger partial charge on any atom is -0.428 e. The van der Waals surface area contributed by atoms with Crippen LogP contribution in [0.15, 0.2) is 59.8 Å². The smallest absolute Gasteiger partial charge is 0.428 e. The van der Waals surface area contributed by atoms with Gasteiger partial charge in [0.2, 0.25) is 0 Å². The zero-order valence-corrected chi connectivity index (χ0v) is 12.0. The van der Waals surface area contributed by atoms with Crippen molar-refractivity contribution in [3.63, 3.8) is 0 Å². The molecule has 0 radical (unpaired) electrons. The van der Waals surface area contributed by atoms with Gasteiger partial charge in [-0.15, -0.1) is 0 Å². The Hall–Kier alpha value is -3.13. The molecule has 5 heteroatoms. The third-order valence-electron chi connectivity index (χ3n) is 2.84. The van der Waals surface area contributed by atoms with Crippen LogP contribution in [0.5, 0.6) is 0 Å². The van der Waals surface area contributed by atoms with Gasteiger partial charge in [0, 0.05) is 5.56 Å². The van der Waals surface area contributed by atoms with Gasteiger partial charge in [-0.3, -0.25) is 4.84 Å². The molecule has 0 amide bonds. The summed E-state index contributed by atoms with van der Waals surface area (Å²) in [5.41, 5.74) is 2.54. The van der Waals surface area contributed by atoms with Crippen molar-refractivity contribution in [1.82, 2.24) is 0 Å². The number of rotatable bonds is 4. The molecule has 0 unspecified atom stereocenters. The minimum atomic E-state index is -0.954. The topological polar surface area (TPSA) is 71.7 Å². The van der Waals surface area contributed by atoms with Crippen molar-refractivity contribution in [3.05, 3.63) is 71.3 Å². The maximum absolute atomic E-state index is 11.5. The normalized spacial score (nSPS) is 10.6. The van der Waals surface area contributed by atoms with Crippen LogP contribution >= 0.6 is 0 Å². The average Bonchev–Trinajstić information content (AvgIpc) is 2.56. The second-order valence-corrected chi connectivity index (χ2v) is 4.53. The lowest BCUT2D eigenvalue weighted by Crippen LogP contribution is -2.06. The van der Waals surface area contributed by atoms with Gasteiger partial charge in [0.15, 0.2) is 5.71 Å². The van der Waals surface area contributed by atoms with E-state index in [2.05, 4.69) is 9.99 Å². The molecule has 2 rings (SSSR count). The lowest BCUT2D eigenvalue weighted by Gasteiger charge is -2.03. The highest BCUT2D eigenvalue weighted by atomic mass is 16.8. The van der Waals surface area contributed by atoms with Crippen LogP contribution in [0.2, 0.25) is 0 Å². The first-order valence-electron chi connectivity index (χ1n) is 6.62. The molecule has 0 heterocycles. The van der Waals surface area contributed by atoms with Gasteiger partial charge in [-0.25, -0.2) is 4.79 Å². The molecule has 0 fully saturated rings. The summed E-state index contributed by atoms with van der Waals surface area (Å²) < 4.78 is 4.92. The fraction of sp³-hybridized carbons (Fsp3) is 0.118. The Balaban J connectivity index is 1.90. The van der Waals surface area contributed by atoms with Gasteiger partial charge in [0.1, 0.15) is 12.7 Å².